The molecule has 3 aromatic heterocycles. The zero-order chi connectivity index (χ0) is 35.9. The van der Waals surface area contributed by atoms with Gasteiger partial charge in [-0.15, -0.1) is 0 Å². The third kappa shape index (κ3) is 9.77. The Labute approximate surface area is 300 Å². The monoisotopic (exact) mass is 713 g/mol. The Bertz CT molecular complexity index is 1740. The largest absolute Gasteiger partial charge is 0.466 e. The maximum Gasteiger partial charge on any atom is 0.312 e. The summed E-state index contributed by atoms with van der Waals surface area (Å²) < 4.78 is 20.0. The Kier molecular flexibility index (Phi) is 12.1. The van der Waals surface area contributed by atoms with E-state index in [1.165, 1.54) is 0 Å². The number of nitrogens with zero attached hydrogens (tertiary/aromatic N) is 5. The average molecular weight is 714 g/mol. The normalized spacial score (nSPS) is 16.8. The summed E-state index contributed by atoms with van der Waals surface area (Å²) in [4.78, 5) is 25.0. The minimum atomic E-state index is -1.27. The quantitative estimate of drug-likeness (QED) is 0.0492. The number of fused-ring (bicyclic) bond motifs is 1. The van der Waals surface area contributed by atoms with Crippen molar-refractivity contribution in [3.05, 3.63) is 72.7 Å². The summed E-state index contributed by atoms with van der Waals surface area (Å²) >= 11 is 0. The second-order valence-corrected chi connectivity index (χ2v) is 27.3. The van der Waals surface area contributed by atoms with Gasteiger partial charge < -0.3 is 19.1 Å². The summed E-state index contributed by atoms with van der Waals surface area (Å²) in [6.07, 6.45) is 7.94. The van der Waals surface area contributed by atoms with Gasteiger partial charge in [0.2, 0.25) is 0 Å². The predicted molar refractivity (Wildman–Crippen MR) is 209 cm³/mol. The highest BCUT2D eigenvalue weighted by Crippen LogP contribution is 2.40. The highest BCUT2D eigenvalue weighted by Gasteiger charge is 2.36. The molecule has 1 aromatic carbocycles. The second-order valence-electron chi connectivity index (χ2n) is 16.0. The van der Waals surface area contributed by atoms with Gasteiger partial charge >= 0.3 is 5.97 Å². The van der Waals surface area contributed by atoms with Crippen molar-refractivity contribution in [2.24, 2.45) is 5.41 Å². The zero-order valence-corrected chi connectivity index (χ0v) is 33.3. The molecule has 0 saturated carbocycles. The third-order valence-corrected chi connectivity index (χ3v) is 12.7. The predicted octanol–water partition coefficient (Wildman–Crippen LogP) is 9.03. The lowest BCUT2D eigenvalue weighted by atomic mass is 9.76. The van der Waals surface area contributed by atoms with Crippen LogP contribution in [0, 0.1) is 5.41 Å². The topological polar surface area (TPSA) is 91.1 Å². The number of aromatic nitrogens is 4. The Hall–Kier alpha value is -3.65. The first-order valence-electron chi connectivity index (χ1n) is 17.9. The maximum atomic E-state index is 12.8. The van der Waals surface area contributed by atoms with Crippen molar-refractivity contribution in [3.63, 3.8) is 0 Å². The molecule has 1 aliphatic rings. The van der Waals surface area contributed by atoms with E-state index in [4.69, 9.17) is 29.3 Å². The third-order valence-electron chi connectivity index (χ3n) is 9.25. The summed E-state index contributed by atoms with van der Waals surface area (Å²) in [6, 6.07) is 18.6. The number of ether oxygens (including phenoxy) is 3. The Balaban J connectivity index is 1.54. The van der Waals surface area contributed by atoms with E-state index in [2.05, 4.69) is 74.5 Å². The van der Waals surface area contributed by atoms with E-state index in [9.17, 15) is 4.79 Å². The lowest BCUT2D eigenvalue weighted by molar-refractivity contribution is -0.154. The van der Waals surface area contributed by atoms with Crippen LogP contribution in [0.2, 0.25) is 51.4 Å². The average Bonchev–Trinajstić information content (AvgIpc) is 3.51. The van der Waals surface area contributed by atoms with E-state index in [0.29, 0.717) is 52.5 Å². The highest BCUT2D eigenvalue weighted by atomic mass is 28.3. The molecule has 0 aliphatic heterocycles. The molecule has 5 rings (SSSR count). The lowest BCUT2D eigenvalue weighted by Gasteiger charge is -2.31. The van der Waals surface area contributed by atoms with Gasteiger partial charge in [-0.25, -0.2) is 4.98 Å². The van der Waals surface area contributed by atoms with Gasteiger partial charge in [0.05, 0.1) is 29.6 Å². The molecule has 3 heterocycles. The fraction of sp³-hybridized carbons (Fsp3) is 0.487. The smallest absolute Gasteiger partial charge is 0.312 e. The van der Waals surface area contributed by atoms with Crippen molar-refractivity contribution in [1.82, 2.24) is 19.6 Å². The van der Waals surface area contributed by atoms with Crippen molar-refractivity contribution in [1.29, 1.82) is 0 Å². The molecule has 0 bridgehead atoms. The van der Waals surface area contributed by atoms with Gasteiger partial charge in [0.15, 0.2) is 5.65 Å². The fourth-order valence-corrected chi connectivity index (χ4v) is 7.35. The first-order valence-corrected chi connectivity index (χ1v) is 25.4. The van der Waals surface area contributed by atoms with Gasteiger partial charge in [-0.1, -0.05) is 81.8 Å². The molecule has 0 fully saturated rings. The zero-order valence-electron chi connectivity index (χ0n) is 31.3. The SMILES string of the molecule is CCOC(=O)C1(C)CC=C(c2cc(N(COCC[Si](C)(C)C)COCC[Si](C)(C)C)n3ncc(-c4ccc(-c5ccccc5)nc4)c3n2)CC1. The standard InChI is InChI=1S/C39H55N5O4Si2/c1-9-48-38(45)39(2)19-17-31(18-20-39)35-25-36(43(28-46-21-23-49(3,4)5)29-47-22-24-50(6,7)8)44-37(42-35)33(27-41-44)32-15-16-34(40-26-32)30-13-11-10-12-14-30/h10-17,25-27H,9,18-24,28-29H2,1-8H3. The highest BCUT2D eigenvalue weighted by molar-refractivity contribution is 6.76. The molecule has 0 N–H and O–H groups in total. The maximum absolute atomic E-state index is 12.8. The lowest BCUT2D eigenvalue weighted by Crippen LogP contribution is -2.33. The minimum absolute atomic E-state index is 0.138. The molecule has 9 nitrogen and oxygen atoms in total. The molecule has 0 spiro atoms. The van der Waals surface area contributed by atoms with E-state index in [1.807, 2.05) is 55.0 Å². The van der Waals surface area contributed by atoms with Crippen LogP contribution >= 0.6 is 0 Å². The number of pyridine rings is 1. The van der Waals surface area contributed by atoms with Crippen LogP contribution in [0.3, 0.4) is 0 Å². The number of allylic oxidation sites excluding steroid dienone is 2. The molecule has 0 amide bonds. The van der Waals surface area contributed by atoms with Gasteiger partial charge in [0.1, 0.15) is 19.3 Å². The fourth-order valence-electron chi connectivity index (χ4n) is 5.84. The van der Waals surface area contributed by atoms with Crippen molar-refractivity contribution in [2.75, 3.05) is 38.2 Å². The van der Waals surface area contributed by atoms with E-state index in [-0.39, 0.29) is 5.97 Å². The van der Waals surface area contributed by atoms with Crippen LogP contribution in [-0.2, 0) is 19.0 Å². The van der Waals surface area contributed by atoms with Gasteiger partial charge in [0, 0.05) is 58.3 Å². The summed E-state index contributed by atoms with van der Waals surface area (Å²) in [7, 11) is -2.53. The van der Waals surface area contributed by atoms with Crippen molar-refractivity contribution >= 4 is 39.2 Å². The van der Waals surface area contributed by atoms with Crippen molar-refractivity contribution in [2.45, 2.75) is 84.5 Å². The number of anilines is 1. The first-order chi connectivity index (χ1) is 23.8. The number of rotatable bonds is 16. The van der Waals surface area contributed by atoms with Crippen LogP contribution in [0.4, 0.5) is 5.82 Å². The molecule has 0 saturated heterocycles. The molecule has 1 atom stereocenters. The van der Waals surface area contributed by atoms with Gasteiger partial charge in [-0.3, -0.25) is 9.78 Å². The van der Waals surface area contributed by atoms with E-state index < -0.39 is 21.6 Å². The Morgan fingerprint density at radius 1 is 0.900 bits per heavy atom. The van der Waals surface area contributed by atoms with Gasteiger partial charge in [0.25, 0.3) is 0 Å². The first kappa shape index (κ1) is 37.6. The van der Waals surface area contributed by atoms with Crippen LogP contribution < -0.4 is 4.90 Å². The van der Waals surface area contributed by atoms with Crippen LogP contribution in [0.1, 0.15) is 38.8 Å². The molecule has 1 unspecified atom stereocenters. The summed E-state index contributed by atoms with van der Waals surface area (Å²) in [6.45, 7) is 20.6. The van der Waals surface area contributed by atoms with Crippen LogP contribution in [0.25, 0.3) is 33.6 Å². The van der Waals surface area contributed by atoms with Gasteiger partial charge in [-0.05, 0) is 56.8 Å². The van der Waals surface area contributed by atoms with Crippen LogP contribution in [0.5, 0.6) is 0 Å². The van der Waals surface area contributed by atoms with Gasteiger partial charge in [-0.2, -0.15) is 9.61 Å². The molecular weight excluding hydrogens is 659 g/mol. The number of hydrogen-bond donors (Lipinski definition) is 0. The van der Waals surface area contributed by atoms with Crippen molar-refractivity contribution in [3.8, 4) is 22.4 Å². The summed E-state index contributed by atoms with van der Waals surface area (Å²) in [5.41, 5.74) is 5.98. The molecule has 4 aromatic rings. The van der Waals surface area contributed by atoms with Crippen LogP contribution in [-0.4, -0.2) is 75.0 Å². The number of benzene rings is 1. The molecule has 11 heteroatoms. The summed E-state index contributed by atoms with van der Waals surface area (Å²) in [5, 5.41) is 4.89. The minimum Gasteiger partial charge on any atom is -0.466 e. The summed E-state index contributed by atoms with van der Waals surface area (Å²) in [5.74, 6) is 0.715. The Morgan fingerprint density at radius 3 is 2.14 bits per heavy atom. The van der Waals surface area contributed by atoms with E-state index >= 15 is 0 Å². The number of carbonyl (C=O) groups is 1. The number of carbonyl (C=O) groups excluding carboxylic acids is 1. The number of esters is 1. The molecular formula is C39H55N5O4Si2. The Morgan fingerprint density at radius 2 is 1.58 bits per heavy atom. The van der Waals surface area contributed by atoms with Crippen molar-refractivity contribution < 1.29 is 19.0 Å². The molecule has 50 heavy (non-hydrogen) atoms. The molecule has 268 valence electrons. The van der Waals surface area contributed by atoms with E-state index in [0.717, 1.165) is 57.2 Å². The molecule has 1 aliphatic carbocycles. The van der Waals surface area contributed by atoms with E-state index in [1.54, 1.807) is 0 Å². The second kappa shape index (κ2) is 16.1. The van der Waals surface area contributed by atoms with Crippen LogP contribution in [0.15, 0.2) is 67.0 Å². The number of hydrogen-bond acceptors (Lipinski definition) is 8. The molecule has 0 radical (unpaired) electrons.